The minimum absolute atomic E-state index is 0.0801. The average Bonchev–Trinajstić information content (AvgIpc) is 2.82. The highest BCUT2D eigenvalue weighted by Crippen LogP contribution is 2.28. The second-order valence-electron chi connectivity index (χ2n) is 7.30. The Morgan fingerprint density at radius 2 is 1.62 bits per heavy atom. The third-order valence-electron chi connectivity index (χ3n) is 4.86. The highest BCUT2D eigenvalue weighted by atomic mass is 32.2. The van der Waals surface area contributed by atoms with Gasteiger partial charge in [-0.25, -0.2) is 21.6 Å². The number of hydrogen-bond donors (Lipinski definition) is 1. The fourth-order valence-electron chi connectivity index (χ4n) is 3.26. The molecule has 1 aromatic carbocycles. The Balaban J connectivity index is 0.000000268. The SMILES string of the molecule is CC.CC(C)N1CCN(C)CCS1(=O)=O.O=S1(=O)NCCCC1c1ccccc1. The van der Waals surface area contributed by atoms with Gasteiger partial charge in [-0.15, -0.1) is 0 Å². The minimum atomic E-state index is -3.13. The summed E-state index contributed by atoms with van der Waals surface area (Å²) in [6.45, 7) is 10.5. The summed E-state index contributed by atoms with van der Waals surface area (Å²) in [5.41, 5.74) is 0.889. The number of nitrogens with zero attached hydrogens (tertiary/aromatic N) is 2. The van der Waals surface area contributed by atoms with E-state index in [1.165, 1.54) is 0 Å². The highest BCUT2D eigenvalue weighted by Gasteiger charge is 2.29. The molecule has 168 valence electrons. The van der Waals surface area contributed by atoms with Crippen LogP contribution in [0.3, 0.4) is 0 Å². The van der Waals surface area contributed by atoms with Crippen LogP contribution < -0.4 is 4.72 Å². The number of likely N-dealkylation sites (N-methyl/N-ethyl adjacent to an activating group) is 1. The molecule has 0 spiro atoms. The van der Waals surface area contributed by atoms with Crippen LogP contribution >= 0.6 is 0 Å². The number of hydrogen-bond acceptors (Lipinski definition) is 5. The van der Waals surface area contributed by atoms with Crippen molar-refractivity contribution in [2.45, 2.75) is 51.8 Å². The van der Waals surface area contributed by atoms with E-state index in [0.717, 1.165) is 24.9 Å². The molecular weight excluding hydrogens is 410 g/mol. The molecule has 7 nitrogen and oxygen atoms in total. The average molecular weight is 448 g/mol. The normalized spacial score (nSPS) is 24.4. The summed E-state index contributed by atoms with van der Waals surface area (Å²) in [6.07, 6.45) is 1.64. The maximum absolute atomic E-state index is 11.7. The van der Waals surface area contributed by atoms with Gasteiger partial charge in [-0.2, -0.15) is 4.31 Å². The molecule has 0 aliphatic carbocycles. The van der Waals surface area contributed by atoms with E-state index >= 15 is 0 Å². The topological polar surface area (TPSA) is 86.8 Å². The zero-order valence-electron chi connectivity index (χ0n) is 18.3. The predicted octanol–water partition coefficient (Wildman–Crippen LogP) is 2.44. The Hall–Kier alpha value is -1.00. The maximum Gasteiger partial charge on any atom is 0.218 e. The lowest BCUT2D eigenvalue weighted by atomic mass is 10.1. The summed E-state index contributed by atoms with van der Waals surface area (Å²) in [4.78, 5) is 2.06. The predicted molar refractivity (Wildman–Crippen MR) is 120 cm³/mol. The largest absolute Gasteiger partial charge is 0.304 e. The highest BCUT2D eigenvalue weighted by molar-refractivity contribution is 7.89. The van der Waals surface area contributed by atoms with Crippen molar-refractivity contribution in [3.8, 4) is 0 Å². The first-order valence-corrected chi connectivity index (χ1v) is 13.5. The molecule has 29 heavy (non-hydrogen) atoms. The first kappa shape index (κ1) is 26.0. The van der Waals surface area contributed by atoms with Crippen molar-refractivity contribution in [1.82, 2.24) is 13.9 Å². The fraction of sp³-hybridized carbons (Fsp3) is 0.700. The monoisotopic (exact) mass is 447 g/mol. The molecule has 0 radical (unpaired) electrons. The zero-order chi connectivity index (χ0) is 22.1. The van der Waals surface area contributed by atoms with Crippen LogP contribution in [-0.4, -0.2) is 71.1 Å². The van der Waals surface area contributed by atoms with Crippen LogP contribution in [0.1, 0.15) is 51.3 Å². The molecule has 0 amide bonds. The Labute approximate surface area is 177 Å². The van der Waals surface area contributed by atoms with Gasteiger partial charge in [-0.1, -0.05) is 44.2 Å². The number of sulfonamides is 2. The van der Waals surface area contributed by atoms with Crippen LogP contribution in [0.25, 0.3) is 0 Å². The smallest absolute Gasteiger partial charge is 0.218 e. The van der Waals surface area contributed by atoms with Crippen LogP contribution in [0, 0.1) is 0 Å². The lowest BCUT2D eigenvalue weighted by Crippen LogP contribution is -2.39. The lowest BCUT2D eigenvalue weighted by molar-refractivity contribution is 0.302. The molecule has 2 heterocycles. The van der Waals surface area contributed by atoms with E-state index in [2.05, 4.69) is 9.62 Å². The summed E-state index contributed by atoms with van der Waals surface area (Å²) in [7, 11) is -4.17. The minimum Gasteiger partial charge on any atom is -0.304 e. The van der Waals surface area contributed by atoms with Crippen LogP contribution in [0.15, 0.2) is 30.3 Å². The van der Waals surface area contributed by atoms with Gasteiger partial charge < -0.3 is 4.90 Å². The van der Waals surface area contributed by atoms with E-state index in [1.807, 2.05) is 65.1 Å². The molecular formula is C20H37N3O4S2. The van der Waals surface area contributed by atoms with Crippen molar-refractivity contribution in [3.63, 3.8) is 0 Å². The molecule has 0 aromatic heterocycles. The standard InChI is InChI=1S/C10H13NO2S.C8H18N2O2S.C2H6/c12-14(13)10(7-4-8-11-14)9-5-2-1-3-6-9;1-8(2)10-5-4-9(3)6-7-13(10,11)12;1-2/h1-3,5-6,10-11H,4,7-8H2;8H,4-7H2,1-3H3;1-2H3. The van der Waals surface area contributed by atoms with E-state index in [-0.39, 0.29) is 17.0 Å². The van der Waals surface area contributed by atoms with E-state index in [0.29, 0.717) is 19.6 Å². The number of nitrogens with one attached hydrogen (secondary N) is 1. The van der Waals surface area contributed by atoms with E-state index < -0.39 is 20.0 Å². The third-order valence-corrected chi connectivity index (χ3v) is 8.74. The molecule has 1 unspecified atom stereocenters. The fourth-order valence-corrected chi connectivity index (χ4v) is 6.66. The van der Waals surface area contributed by atoms with Crippen molar-refractivity contribution in [1.29, 1.82) is 0 Å². The summed E-state index contributed by atoms with van der Waals surface area (Å²) in [5, 5.41) is -0.363. The van der Waals surface area contributed by atoms with Gasteiger partial charge in [0.05, 0.1) is 5.75 Å². The Morgan fingerprint density at radius 3 is 2.17 bits per heavy atom. The molecule has 2 saturated heterocycles. The maximum atomic E-state index is 11.7. The van der Waals surface area contributed by atoms with Gasteiger partial charge >= 0.3 is 0 Å². The molecule has 0 saturated carbocycles. The van der Waals surface area contributed by atoms with Gasteiger partial charge in [0.2, 0.25) is 20.0 Å². The molecule has 0 bridgehead atoms. The Bertz CT molecular complexity index is 796. The molecule has 9 heteroatoms. The van der Waals surface area contributed by atoms with Crippen molar-refractivity contribution >= 4 is 20.0 Å². The summed E-state index contributed by atoms with van der Waals surface area (Å²) >= 11 is 0. The van der Waals surface area contributed by atoms with Crippen LogP contribution in [0.5, 0.6) is 0 Å². The van der Waals surface area contributed by atoms with Gasteiger partial charge in [0.15, 0.2) is 0 Å². The molecule has 1 atom stereocenters. The Kier molecular flexibility index (Phi) is 10.8. The first-order valence-electron chi connectivity index (χ1n) is 10.3. The molecule has 1 N–H and O–H groups in total. The first-order chi connectivity index (χ1) is 13.6. The lowest BCUT2D eigenvalue weighted by Gasteiger charge is -2.23. The zero-order valence-corrected chi connectivity index (χ0v) is 20.0. The Morgan fingerprint density at radius 1 is 1.00 bits per heavy atom. The van der Waals surface area contributed by atoms with Gasteiger partial charge in [0.25, 0.3) is 0 Å². The van der Waals surface area contributed by atoms with E-state index in [4.69, 9.17) is 0 Å². The van der Waals surface area contributed by atoms with E-state index in [9.17, 15) is 16.8 Å². The van der Waals surface area contributed by atoms with Crippen LogP contribution in [0.2, 0.25) is 0 Å². The van der Waals surface area contributed by atoms with Crippen molar-refractivity contribution in [3.05, 3.63) is 35.9 Å². The van der Waals surface area contributed by atoms with Gasteiger partial charge in [0.1, 0.15) is 5.25 Å². The van der Waals surface area contributed by atoms with Gasteiger partial charge in [-0.3, -0.25) is 0 Å². The summed E-state index contributed by atoms with van der Waals surface area (Å²) in [5.74, 6) is 0.252. The van der Waals surface area contributed by atoms with Crippen molar-refractivity contribution in [2.75, 3.05) is 39.0 Å². The molecule has 1 aromatic rings. The molecule has 2 fully saturated rings. The van der Waals surface area contributed by atoms with Crippen LogP contribution in [0.4, 0.5) is 0 Å². The quantitative estimate of drug-likeness (QED) is 0.752. The molecule has 3 rings (SSSR count). The third kappa shape index (κ3) is 7.97. The number of benzene rings is 1. The molecule has 2 aliphatic rings. The van der Waals surface area contributed by atoms with Crippen LogP contribution in [-0.2, 0) is 20.0 Å². The van der Waals surface area contributed by atoms with Crippen molar-refractivity contribution < 1.29 is 16.8 Å². The van der Waals surface area contributed by atoms with Gasteiger partial charge in [0, 0.05) is 32.2 Å². The second kappa shape index (κ2) is 12.0. The van der Waals surface area contributed by atoms with Gasteiger partial charge in [-0.05, 0) is 39.3 Å². The number of rotatable bonds is 2. The molecule has 2 aliphatic heterocycles. The summed E-state index contributed by atoms with van der Waals surface area (Å²) < 4.78 is 50.9. The summed E-state index contributed by atoms with van der Waals surface area (Å²) in [6, 6.07) is 9.46. The second-order valence-corrected chi connectivity index (χ2v) is 11.3. The van der Waals surface area contributed by atoms with Crippen molar-refractivity contribution in [2.24, 2.45) is 0 Å². The van der Waals surface area contributed by atoms with E-state index in [1.54, 1.807) is 4.31 Å².